The Hall–Kier alpha value is -1.82. The largest absolute Gasteiger partial charge is 0.397 e. The average Bonchev–Trinajstić information content (AvgIpc) is 2.40. The lowest BCUT2D eigenvalue weighted by molar-refractivity contribution is 0.189. The minimum absolute atomic E-state index is 0.142. The molecule has 1 aliphatic rings. The van der Waals surface area contributed by atoms with Crippen molar-refractivity contribution in [1.82, 2.24) is 4.98 Å². The zero-order valence-electron chi connectivity index (χ0n) is 12.0. The Labute approximate surface area is 123 Å². The maximum atomic E-state index is 12.9. The van der Waals surface area contributed by atoms with Crippen molar-refractivity contribution in [2.75, 3.05) is 6.54 Å². The summed E-state index contributed by atoms with van der Waals surface area (Å²) in [6, 6.07) is 5.36. The van der Waals surface area contributed by atoms with Crippen LogP contribution in [-0.4, -0.2) is 30.2 Å². The smallest absolute Gasteiger partial charge is 0.278 e. The molecule has 0 aliphatic heterocycles. The molecule has 1 aromatic rings. The van der Waals surface area contributed by atoms with Gasteiger partial charge in [0, 0.05) is 17.5 Å². The van der Waals surface area contributed by atoms with E-state index in [-0.39, 0.29) is 11.6 Å². The number of aliphatic imine (C=N–C) groups is 1. The number of alkyl halides is 2. The molecule has 4 N–H and O–H groups in total. The zero-order chi connectivity index (χ0) is 15.4. The Kier molecular flexibility index (Phi) is 5.01. The van der Waals surface area contributed by atoms with Crippen molar-refractivity contribution >= 4 is 11.8 Å². The number of hydrogen-bond donors (Lipinski definition) is 2. The molecule has 2 rings (SSSR count). The van der Waals surface area contributed by atoms with Crippen LogP contribution >= 0.6 is 0 Å². The van der Waals surface area contributed by atoms with Crippen LogP contribution in [0.15, 0.2) is 28.9 Å². The molecule has 1 fully saturated rings. The predicted molar refractivity (Wildman–Crippen MR) is 80.1 cm³/mol. The Morgan fingerprint density at radius 3 is 2.76 bits per heavy atom. The third kappa shape index (κ3) is 3.85. The van der Waals surface area contributed by atoms with Crippen LogP contribution in [0.1, 0.15) is 24.2 Å². The number of aromatic nitrogens is 1. The molecule has 0 bridgehead atoms. The van der Waals surface area contributed by atoms with E-state index in [1.165, 1.54) is 6.21 Å². The lowest BCUT2D eigenvalue weighted by atomic mass is 9.81. The molecule has 4 nitrogen and oxygen atoms in total. The minimum atomic E-state index is -2.73. The highest BCUT2D eigenvalue weighted by Gasteiger charge is 2.27. The first kappa shape index (κ1) is 15.6. The van der Waals surface area contributed by atoms with Crippen molar-refractivity contribution in [2.24, 2.45) is 22.4 Å². The molecule has 0 radical (unpaired) electrons. The Bertz CT molecular complexity index is 548. The second-order valence-corrected chi connectivity index (χ2v) is 5.34. The first-order chi connectivity index (χ1) is 10.0. The number of halogens is 2. The third-order valence-electron chi connectivity index (χ3n) is 3.67. The summed E-state index contributed by atoms with van der Waals surface area (Å²) in [7, 11) is 0. The fourth-order valence-corrected chi connectivity index (χ4v) is 2.29. The number of aryl methyl sites for hydroxylation is 1. The van der Waals surface area contributed by atoms with E-state index in [0.717, 1.165) is 18.5 Å². The molecule has 0 atom stereocenters. The molecule has 1 saturated carbocycles. The highest BCUT2D eigenvalue weighted by Crippen LogP contribution is 2.29. The van der Waals surface area contributed by atoms with Gasteiger partial charge in [-0.1, -0.05) is 6.07 Å². The van der Waals surface area contributed by atoms with Crippen LogP contribution in [0.4, 0.5) is 8.78 Å². The van der Waals surface area contributed by atoms with Crippen LogP contribution in [0.5, 0.6) is 0 Å². The standard InChI is InChI=1S/C15H20F2N4/c1-9-3-2-4-13(21-9)12(14(19)15(16)17)8-20-11-5-10(6-11)7-18/h2-4,8,10-11,15H,5-7,18-19H2,1H3. The van der Waals surface area contributed by atoms with E-state index in [2.05, 4.69) is 9.98 Å². The maximum Gasteiger partial charge on any atom is 0.278 e. The fourth-order valence-electron chi connectivity index (χ4n) is 2.29. The summed E-state index contributed by atoms with van der Waals surface area (Å²) in [5.41, 5.74) is 11.9. The molecule has 114 valence electrons. The van der Waals surface area contributed by atoms with Gasteiger partial charge in [0.15, 0.2) is 0 Å². The van der Waals surface area contributed by atoms with Crippen LogP contribution in [0, 0.1) is 12.8 Å². The maximum absolute atomic E-state index is 12.9. The predicted octanol–water partition coefficient (Wildman–Crippen LogP) is 2.13. The van der Waals surface area contributed by atoms with E-state index in [4.69, 9.17) is 11.5 Å². The van der Waals surface area contributed by atoms with Gasteiger partial charge in [0.2, 0.25) is 0 Å². The lowest BCUT2D eigenvalue weighted by Crippen LogP contribution is -2.32. The van der Waals surface area contributed by atoms with E-state index in [0.29, 0.717) is 18.2 Å². The quantitative estimate of drug-likeness (QED) is 0.817. The molecule has 0 unspecified atom stereocenters. The first-order valence-electron chi connectivity index (χ1n) is 6.96. The molecule has 1 aliphatic carbocycles. The normalized spacial score (nSPS) is 23.3. The molecule has 0 amide bonds. The Morgan fingerprint density at radius 1 is 1.48 bits per heavy atom. The topological polar surface area (TPSA) is 77.3 Å². The summed E-state index contributed by atoms with van der Waals surface area (Å²) < 4.78 is 25.8. The molecule has 6 heteroatoms. The monoisotopic (exact) mass is 294 g/mol. The SMILES string of the molecule is Cc1cccc(C(C=NC2CC(CN)C2)=C(N)C(F)F)n1. The van der Waals surface area contributed by atoms with Gasteiger partial charge in [0.1, 0.15) is 0 Å². The summed E-state index contributed by atoms with van der Waals surface area (Å²) in [6.07, 6.45) is 0.499. The lowest BCUT2D eigenvalue weighted by Gasteiger charge is -2.31. The summed E-state index contributed by atoms with van der Waals surface area (Å²) in [6.45, 7) is 2.45. The van der Waals surface area contributed by atoms with Crippen molar-refractivity contribution in [3.8, 4) is 0 Å². The van der Waals surface area contributed by atoms with E-state index in [1.807, 2.05) is 0 Å². The summed E-state index contributed by atoms with van der Waals surface area (Å²) >= 11 is 0. The van der Waals surface area contributed by atoms with E-state index in [9.17, 15) is 8.78 Å². The molecule has 1 aromatic heterocycles. The van der Waals surface area contributed by atoms with Crippen molar-refractivity contribution in [1.29, 1.82) is 0 Å². The summed E-state index contributed by atoms with van der Waals surface area (Å²) in [5.74, 6) is 0.490. The fraction of sp³-hybridized carbons (Fsp3) is 0.467. The van der Waals surface area contributed by atoms with Crippen LogP contribution in [0.2, 0.25) is 0 Å². The van der Waals surface area contributed by atoms with Crippen LogP contribution in [0.25, 0.3) is 5.57 Å². The van der Waals surface area contributed by atoms with Crippen molar-refractivity contribution in [2.45, 2.75) is 32.2 Å². The van der Waals surface area contributed by atoms with Gasteiger partial charge in [-0.05, 0) is 44.4 Å². The molecule has 1 heterocycles. The van der Waals surface area contributed by atoms with Crippen molar-refractivity contribution in [3.63, 3.8) is 0 Å². The van der Waals surface area contributed by atoms with Crippen molar-refractivity contribution < 1.29 is 8.78 Å². The highest BCUT2D eigenvalue weighted by atomic mass is 19.3. The first-order valence-corrected chi connectivity index (χ1v) is 6.96. The van der Waals surface area contributed by atoms with Gasteiger partial charge in [0.25, 0.3) is 6.43 Å². The summed E-state index contributed by atoms with van der Waals surface area (Å²) in [5, 5.41) is 0. The second kappa shape index (κ2) is 6.76. The zero-order valence-corrected chi connectivity index (χ0v) is 12.0. The second-order valence-electron chi connectivity index (χ2n) is 5.34. The van der Waals surface area contributed by atoms with Gasteiger partial charge in [0.05, 0.1) is 17.4 Å². The number of allylic oxidation sites excluding steroid dienone is 2. The molecular formula is C15H20F2N4. The van der Waals surface area contributed by atoms with Gasteiger partial charge < -0.3 is 11.5 Å². The number of hydrogen-bond acceptors (Lipinski definition) is 4. The Morgan fingerprint density at radius 2 is 2.19 bits per heavy atom. The van der Waals surface area contributed by atoms with Gasteiger partial charge in [-0.15, -0.1) is 0 Å². The number of rotatable bonds is 5. The molecule has 0 saturated heterocycles. The minimum Gasteiger partial charge on any atom is -0.397 e. The third-order valence-corrected chi connectivity index (χ3v) is 3.67. The number of nitrogens with zero attached hydrogens (tertiary/aromatic N) is 2. The molecule has 21 heavy (non-hydrogen) atoms. The van der Waals surface area contributed by atoms with E-state index in [1.54, 1.807) is 25.1 Å². The van der Waals surface area contributed by atoms with Crippen molar-refractivity contribution in [3.05, 3.63) is 35.3 Å². The molecular weight excluding hydrogens is 274 g/mol. The van der Waals surface area contributed by atoms with Gasteiger partial charge in [-0.25, -0.2) is 8.78 Å². The molecule has 0 spiro atoms. The number of nitrogens with two attached hydrogens (primary N) is 2. The van der Waals surface area contributed by atoms with Gasteiger partial charge >= 0.3 is 0 Å². The van der Waals surface area contributed by atoms with E-state index < -0.39 is 12.1 Å². The van der Waals surface area contributed by atoms with Crippen LogP contribution < -0.4 is 11.5 Å². The van der Waals surface area contributed by atoms with Crippen LogP contribution in [0.3, 0.4) is 0 Å². The van der Waals surface area contributed by atoms with Gasteiger partial charge in [-0.3, -0.25) is 9.98 Å². The van der Waals surface area contributed by atoms with Crippen LogP contribution in [-0.2, 0) is 0 Å². The van der Waals surface area contributed by atoms with Gasteiger partial charge in [-0.2, -0.15) is 0 Å². The highest BCUT2D eigenvalue weighted by molar-refractivity contribution is 6.10. The molecule has 0 aromatic carbocycles. The summed E-state index contributed by atoms with van der Waals surface area (Å²) in [4.78, 5) is 8.59. The van der Waals surface area contributed by atoms with E-state index >= 15 is 0 Å². The number of pyridine rings is 1. The Balaban J connectivity index is 2.22. The average molecular weight is 294 g/mol.